The number of carbonyl (C=O) groups is 4. The maximum Gasteiger partial charge on any atom is 0.264 e. The summed E-state index contributed by atoms with van der Waals surface area (Å²) < 4.78 is 11.4. The first-order valence-electron chi connectivity index (χ1n) is 10.5. The number of thioether (sulfide) groups is 1. The highest BCUT2D eigenvalue weighted by Crippen LogP contribution is 2.56. The van der Waals surface area contributed by atoms with Gasteiger partial charge in [0.2, 0.25) is 10.9 Å². The van der Waals surface area contributed by atoms with Crippen molar-refractivity contribution in [3.63, 3.8) is 0 Å². The molecular formula is C21H33NO7SSi. The number of rotatable bonds is 11. The molecule has 0 aromatic rings. The number of amides is 1. The molecule has 2 heterocycles. The number of ketones is 1. The molecule has 1 unspecified atom stereocenters. The third-order valence-electron chi connectivity index (χ3n) is 5.61. The van der Waals surface area contributed by atoms with Gasteiger partial charge in [0.1, 0.15) is 11.5 Å². The van der Waals surface area contributed by atoms with E-state index >= 15 is 0 Å². The van der Waals surface area contributed by atoms with E-state index < -0.39 is 49.0 Å². The first-order valence-corrected chi connectivity index (χ1v) is 14.2. The Morgan fingerprint density at radius 1 is 1.42 bits per heavy atom. The van der Waals surface area contributed by atoms with E-state index in [-0.39, 0.29) is 24.6 Å². The second-order valence-corrected chi connectivity index (χ2v) is 12.7. The highest BCUT2D eigenvalue weighted by Gasteiger charge is 2.72. The number of Topliss-reactive ketones (excluding diaryl/α,β-unsaturated/α-hetero) is 1. The van der Waals surface area contributed by atoms with Crippen LogP contribution in [0.1, 0.15) is 33.6 Å². The van der Waals surface area contributed by atoms with Gasteiger partial charge in [-0.2, -0.15) is 0 Å². The van der Waals surface area contributed by atoms with E-state index in [9.17, 15) is 19.2 Å². The van der Waals surface area contributed by atoms with Crippen molar-refractivity contribution in [3.8, 4) is 0 Å². The first-order chi connectivity index (χ1) is 14.5. The quantitative estimate of drug-likeness (QED) is 0.113. The van der Waals surface area contributed by atoms with Gasteiger partial charge in [-0.05, 0) is 31.4 Å². The van der Waals surface area contributed by atoms with E-state index in [1.165, 1.54) is 6.08 Å². The van der Waals surface area contributed by atoms with Crippen molar-refractivity contribution in [1.82, 2.24) is 5.06 Å². The van der Waals surface area contributed by atoms with Crippen molar-refractivity contribution < 1.29 is 33.2 Å². The lowest BCUT2D eigenvalue weighted by atomic mass is 9.58. The van der Waals surface area contributed by atoms with Crippen molar-refractivity contribution in [2.45, 2.75) is 58.2 Å². The zero-order chi connectivity index (χ0) is 23.4. The van der Waals surface area contributed by atoms with Gasteiger partial charge >= 0.3 is 0 Å². The van der Waals surface area contributed by atoms with Crippen LogP contribution in [0.5, 0.6) is 0 Å². The number of ether oxygens (including phenoxy) is 1. The van der Waals surface area contributed by atoms with Gasteiger partial charge in [-0.1, -0.05) is 38.6 Å². The lowest BCUT2D eigenvalue weighted by Gasteiger charge is -2.57. The fraction of sp³-hybridized carbons (Fsp3) is 0.714. The summed E-state index contributed by atoms with van der Waals surface area (Å²) in [5.74, 6) is -2.11. The summed E-state index contributed by atoms with van der Waals surface area (Å²) >= 11 is 0.833. The Labute approximate surface area is 189 Å². The van der Waals surface area contributed by atoms with E-state index in [2.05, 4.69) is 6.58 Å². The average molecular weight is 472 g/mol. The SMILES string of the molecule is C=CCON1C(=O)[C@@](C(=O)C=O)([C@H](CO[SiH](C)C)C(C)(C)C)[C@H]1SC(=O)C1CCCO1. The van der Waals surface area contributed by atoms with Gasteiger partial charge in [0, 0.05) is 19.1 Å². The molecule has 1 amide bonds. The number of β-lactam (4-membered cyclic amide) rings is 1. The maximum atomic E-state index is 13.4. The Balaban J connectivity index is 2.51. The Bertz CT molecular complexity index is 717. The third kappa shape index (κ3) is 5.19. The second-order valence-electron chi connectivity index (χ2n) is 9.16. The van der Waals surface area contributed by atoms with E-state index in [0.717, 1.165) is 23.2 Å². The van der Waals surface area contributed by atoms with E-state index in [1.807, 2.05) is 33.9 Å². The Hall–Kier alpha value is -1.33. The van der Waals surface area contributed by atoms with Crippen molar-refractivity contribution in [2.75, 3.05) is 19.8 Å². The molecule has 0 bridgehead atoms. The van der Waals surface area contributed by atoms with Crippen LogP contribution >= 0.6 is 11.8 Å². The molecule has 174 valence electrons. The molecule has 2 aliphatic heterocycles. The fourth-order valence-corrected chi connectivity index (χ4v) is 5.99. The predicted octanol–water partition coefficient (Wildman–Crippen LogP) is 2.13. The number of nitrogens with zero attached hydrogens (tertiary/aromatic N) is 1. The first kappa shape index (κ1) is 25.9. The summed E-state index contributed by atoms with van der Waals surface area (Å²) in [6.07, 6.45) is 2.40. The van der Waals surface area contributed by atoms with Crippen molar-refractivity contribution in [3.05, 3.63) is 12.7 Å². The van der Waals surface area contributed by atoms with Gasteiger partial charge in [-0.15, -0.1) is 6.58 Å². The minimum absolute atomic E-state index is 0.0257. The largest absolute Gasteiger partial charge is 0.420 e. The summed E-state index contributed by atoms with van der Waals surface area (Å²) in [6, 6.07) is 0. The van der Waals surface area contributed by atoms with Gasteiger partial charge in [0.15, 0.2) is 20.7 Å². The van der Waals surface area contributed by atoms with Gasteiger partial charge < -0.3 is 9.16 Å². The molecule has 0 aromatic carbocycles. The Morgan fingerprint density at radius 3 is 2.58 bits per heavy atom. The highest BCUT2D eigenvalue weighted by molar-refractivity contribution is 8.14. The van der Waals surface area contributed by atoms with E-state index in [0.29, 0.717) is 13.0 Å². The summed E-state index contributed by atoms with van der Waals surface area (Å²) in [6.45, 7) is 13.9. The lowest BCUT2D eigenvalue weighted by Crippen LogP contribution is -2.75. The Morgan fingerprint density at radius 2 is 2.10 bits per heavy atom. The topological polar surface area (TPSA) is 99.2 Å². The molecule has 2 fully saturated rings. The van der Waals surface area contributed by atoms with Gasteiger partial charge in [0.25, 0.3) is 5.91 Å². The minimum Gasteiger partial charge on any atom is -0.420 e. The lowest BCUT2D eigenvalue weighted by molar-refractivity contribution is -0.251. The van der Waals surface area contributed by atoms with Gasteiger partial charge in [-0.3, -0.25) is 24.0 Å². The minimum atomic E-state index is -1.75. The summed E-state index contributed by atoms with van der Waals surface area (Å²) in [5.41, 5.74) is -2.31. The normalized spacial score (nSPS) is 27.2. The number of hydrogen-bond donors (Lipinski definition) is 0. The number of carbonyl (C=O) groups excluding carboxylic acids is 4. The molecule has 4 atom stereocenters. The molecule has 0 saturated carbocycles. The average Bonchev–Trinajstić information content (AvgIpc) is 3.23. The molecule has 0 N–H and O–H groups in total. The van der Waals surface area contributed by atoms with E-state index in [1.54, 1.807) is 0 Å². The molecule has 8 nitrogen and oxygen atoms in total. The summed E-state index contributed by atoms with van der Waals surface area (Å²) in [7, 11) is -1.48. The highest BCUT2D eigenvalue weighted by atomic mass is 32.2. The van der Waals surface area contributed by atoms with Crippen LogP contribution in [0.4, 0.5) is 0 Å². The predicted molar refractivity (Wildman–Crippen MR) is 120 cm³/mol. The van der Waals surface area contributed by atoms with Crippen LogP contribution in [0, 0.1) is 16.7 Å². The molecule has 0 spiro atoms. The van der Waals surface area contributed by atoms with Crippen LogP contribution in [-0.4, -0.2) is 68.5 Å². The molecule has 31 heavy (non-hydrogen) atoms. The monoisotopic (exact) mass is 471 g/mol. The van der Waals surface area contributed by atoms with Crippen LogP contribution in [0.2, 0.25) is 13.1 Å². The number of hydrogen-bond acceptors (Lipinski definition) is 8. The van der Waals surface area contributed by atoms with Crippen LogP contribution in [0.15, 0.2) is 12.7 Å². The van der Waals surface area contributed by atoms with Crippen LogP contribution in [0.25, 0.3) is 0 Å². The van der Waals surface area contributed by atoms with Crippen molar-refractivity contribution >= 4 is 43.9 Å². The number of hydroxylamine groups is 2. The third-order valence-corrected chi connectivity index (χ3v) is 7.76. The summed E-state index contributed by atoms with van der Waals surface area (Å²) in [4.78, 5) is 56.7. The van der Waals surface area contributed by atoms with E-state index in [4.69, 9.17) is 14.0 Å². The van der Waals surface area contributed by atoms with Crippen LogP contribution in [0.3, 0.4) is 0 Å². The molecule has 2 saturated heterocycles. The van der Waals surface area contributed by atoms with Crippen molar-refractivity contribution in [2.24, 2.45) is 16.7 Å². The van der Waals surface area contributed by atoms with Crippen LogP contribution < -0.4 is 0 Å². The molecule has 2 rings (SSSR count). The Kier molecular flexibility index (Phi) is 8.80. The smallest absolute Gasteiger partial charge is 0.264 e. The molecule has 0 aliphatic carbocycles. The standard InChI is InChI=1S/C21H33NO7SSi/c1-7-10-28-22-18(26)21(16(24)12-23,15(20(2,3)4)13-29-31(5)6)19(22)30-17(25)14-9-8-11-27-14/h7,12,14-15,19,31H,1,8-11,13H2,2-6H3/t14?,15-,19-,21+/m1/s1. The molecule has 0 radical (unpaired) electrons. The number of aldehydes is 1. The molecule has 2 aliphatic rings. The maximum absolute atomic E-state index is 13.4. The zero-order valence-electron chi connectivity index (χ0n) is 18.9. The van der Waals surface area contributed by atoms with Crippen molar-refractivity contribution in [1.29, 1.82) is 0 Å². The molecule has 0 aromatic heterocycles. The van der Waals surface area contributed by atoms with Gasteiger partial charge in [-0.25, -0.2) is 5.06 Å². The zero-order valence-corrected chi connectivity index (χ0v) is 20.9. The molecule has 10 heteroatoms. The summed E-state index contributed by atoms with van der Waals surface area (Å²) in [5, 5.41) is -0.236. The fourth-order valence-electron chi connectivity index (χ4n) is 4.03. The molecular weight excluding hydrogens is 438 g/mol. The van der Waals surface area contributed by atoms with Gasteiger partial charge in [0.05, 0.1) is 6.61 Å². The van der Waals surface area contributed by atoms with Crippen LogP contribution in [-0.2, 0) is 33.2 Å². The second kappa shape index (κ2) is 10.5.